The van der Waals surface area contributed by atoms with Crippen molar-refractivity contribution in [2.45, 2.75) is 45.8 Å². The van der Waals surface area contributed by atoms with E-state index in [4.69, 9.17) is 5.11 Å². The van der Waals surface area contributed by atoms with E-state index in [1.165, 1.54) is 12.8 Å². The fourth-order valence-corrected chi connectivity index (χ4v) is 1.76. The Balaban J connectivity index is 2.05. The van der Waals surface area contributed by atoms with Crippen LogP contribution in [0.3, 0.4) is 0 Å². The summed E-state index contributed by atoms with van der Waals surface area (Å²) in [7, 11) is 0. The average Bonchev–Trinajstić information content (AvgIpc) is 1.78. The topological polar surface area (TPSA) is 32.3 Å². The molecule has 1 aliphatic rings. The predicted molar refractivity (Wildman–Crippen MR) is 46.5 cm³/mol. The lowest BCUT2D eigenvalue weighted by Crippen LogP contribution is -2.47. The van der Waals surface area contributed by atoms with Crippen molar-refractivity contribution in [1.82, 2.24) is 5.32 Å². The average molecular weight is 157 g/mol. The van der Waals surface area contributed by atoms with Crippen molar-refractivity contribution in [2.75, 3.05) is 6.54 Å². The largest absolute Gasteiger partial charge is 0.392 e. The van der Waals surface area contributed by atoms with Crippen LogP contribution in [-0.4, -0.2) is 23.8 Å². The highest BCUT2D eigenvalue weighted by Gasteiger charge is 2.35. The van der Waals surface area contributed by atoms with Gasteiger partial charge in [0.05, 0.1) is 6.10 Å². The lowest BCUT2D eigenvalue weighted by Gasteiger charge is -2.43. The van der Waals surface area contributed by atoms with Crippen LogP contribution in [0.1, 0.15) is 33.6 Å². The van der Waals surface area contributed by atoms with Gasteiger partial charge in [-0.05, 0) is 25.2 Å². The van der Waals surface area contributed by atoms with Crippen molar-refractivity contribution in [3.63, 3.8) is 0 Å². The quantitative estimate of drug-likeness (QED) is 0.644. The summed E-state index contributed by atoms with van der Waals surface area (Å²) in [6, 6.07) is 0.652. The molecule has 0 unspecified atom stereocenters. The van der Waals surface area contributed by atoms with E-state index < -0.39 is 0 Å². The fraction of sp³-hybridized carbons (Fsp3) is 1.00. The van der Waals surface area contributed by atoms with Crippen LogP contribution in [0.25, 0.3) is 0 Å². The minimum absolute atomic E-state index is 0.210. The Morgan fingerprint density at radius 1 is 1.55 bits per heavy atom. The zero-order valence-corrected chi connectivity index (χ0v) is 7.72. The summed E-state index contributed by atoms with van der Waals surface area (Å²) in [5.41, 5.74) is 0.538. The van der Waals surface area contributed by atoms with Crippen molar-refractivity contribution >= 4 is 0 Å². The van der Waals surface area contributed by atoms with Crippen molar-refractivity contribution in [2.24, 2.45) is 5.41 Å². The zero-order valence-electron chi connectivity index (χ0n) is 7.72. The molecule has 0 aromatic heterocycles. The number of aliphatic hydroxyl groups is 1. The second-order valence-electron chi connectivity index (χ2n) is 4.53. The van der Waals surface area contributed by atoms with Crippen LogP contribution in [0.15, 0.2) is 0 Å². The molecule has 0 radical (unpaired) electrons. The molecule has 1 atom stereocenters. The molecule has 1 saturated carbocycles. The van der Waals surface area contributed by atoms with Crippen molar-refractivity contribution < 1.29 is 5.11 Å². The van der Waals surface area contributed by atoms with Gasteiger partial charge in [0.25, 0.3) is 0 Å². The fourth-order valence-electron chi connectivity index (χ4n) is 1.76. The van der Waals surface area contributed by atoms with E-state index in [0.29, 0.717) is 11.5 Å². The summed E-state index contributed by atoms with van der Waals surface area (Å²) in [4.78, 5) is 0. The number of nitrogens with one attached hydrogen (secondary N) is 1. The summed E-state index contributed by atoms with van der Waals surface area (Å²) in [6.45, 7) is 7.12. The van der Waals surface area contributed by atoms with Crippen LogP contribution in [0.2, 0.25) is 0 Å². The van der Waals surface area contributed by atoms with Gasteiger partial charge in [-0.25, -0.2) is 0 Å². The lowest BCUT2D eigenvalue weighted by molar-refractivity contribution is 0.107. The van der Waals surface area contributed by atoms with Gasteiger partial charge < -0.3 is 10.4 Å². The zero-order chi connectivity index (χ0) is 8.48. The lowest BCUT2D eigenvalue weighted by atomic mass is 9.68. The van der Waals surface area contributed by atoms with E-state index in [2.05, 4.69) is 19.2 Å². The smallest absolute Gasteiger partial charge is 0.0636 e. The molecule has 1 aliphatic carbocycles. The number of hydrogen-bond donors (Lipinski definition) is 2. The van der Waals surface area contributed by atoms with E-state index in [1.54, 1.807) is 0 Å². The molecule has 66 valence electrons. The molecule has 1 fully saturated rings. The first-order chi connectivity index (χ1) is 4.99. The molecule has 0 bridgehead atoms. The van der Waals surface area contributed by atoms with E-state index >= 15 is 0 Å². The standard InChI is InChI=1S/C9H19NO/c1-7(11)6-10-8-4-9(2,3)5-8/h7-8,10-11H,4-6H2,1-3H3/t7-/m0/s1. The molecule has 0 spiro atoms. The van der Waals surface area contributed by atoms with E-state index in [1.807, 2.05) is 6.92 Å². The van der Waals surface area contributed by atoms with Crippen LogP contribution in [0.5, 0.6) is 0 Å². The molecule has 2 nitrogen and oxygen atoms in total. The summed E-state index contributed by atoms with van der Waals surface area (Å²) >= 11 is 0. The molecular formula is C9H19NO. The third-order valence-electron chi connectivity index (χ3n) is 2.30. The summed E-state index contributed by atoms with van der Waals surface area (Å²) in [6.07, 6.45) is 2.29. The highest BCUT2D eigenvalue weighted by atomic mass is 16.3. The van der Waals surface area contributed by atoms with Gasteiger partial charge in [0.2, 0.25) is 0 Å². The monoisotopic (exact) mass is 157 g/mol. The van der Waals surface area contributed by atoms with E-state index in [-0.39, 0.29) is 6.10 Å². The Kier molecular flexibility index (Phi) is 2.55. The maximum Gasteiger partial charge on any atom is 0.0636 e. The van der Waals surface area contributed by atoms with Crippen molar-refractivity contribution in [3.8, 4) is 0 Å². The summed E-state index contributed by atoms with van der Waals surface area (Å²) < 4.78 is 0. The Morgan fingerprint density at radius 2 is 2.09 bits per heavy atom. The third-order valence-corrected chi connectivity index (χ3v) is 2.30. The molecule has 2 heteroatoms. The van der Waals surface area contributed by atoms with Gasteiger partial charge in [0.1, 0.15) is 0 Å². The van der Waals surface area contributed by atoms with Crippen LogP contribution >= 0.6 is 0 Å². The highest BCUT2D eigenvalue weighted by molar-refractivity contribution is 4.91. The van der Waals surface area contributed by atoms with Crippen molar-refractivity contribution in [3.05, 3.63) is 0 Å². The first-order valence-corrected chi connectivity index (χ1v) is 4.41. The van der Waals surface area contributed by atoms with E-state index in [9.17, 15) is 0 Å². The second-order valence-corrected chi connectivity index (χ2v) is 4.53. The van der Waals surface area contributed by atoms with Crippen LogP contribution < -0.4 is 5.32 Å². The molecule has 2 N–H and O–H groups in total. The first-order valence-electron chi connectivity index (χ1n) is 4.41. The highest BCUT2D eigenvalue weighted by Crippen LogP contribution is 2.39. The maximum absolute atomic E-state index is 8.99. The number of hydrogen-bond acceptors (Lipinski definition) is 2. The molecule has 1 rings (SSSR count). The first kappa shape index (κ1) is 9.01. The summed E-state index contributed by atoms with van der Waals surface area (Å²) in [5.74, 6) is 0. The minimum Gasteiger partial charge on any atom is -0.392 e. The molecule has 0 amide bonds. The Morgan fingerprint density at radius 3 is 2.45 bits per heavy atom. The maximum atomic E-state index is 8.99. The molecule has 0 aromatic rings. The van der Waals surface area contributed by atoms with Gasteiger partial charge in [-0.15, -0.1) is 0 Å². The van der Waals surface area contributed by atoms with Gasteiger partial charge in [-0.3, -0.25) is 0 Å². The normalized spacial score (nSPS) is 26.2. The SMILES string of the molecule is C[C@H](O)CNC1CC(C)(C)C1. The molecule has 0 saturated heterocycles. The molecule has 0 aliphatic heterocycles. The van der Waals surface area contributed by atoms with Crippen LogP contribution in [-0.2, 0) is 0 Å². The summed E-state index contributed by atoms with van der Waals surface area (Å²) in [5, 5.41) is 12.3. The Labute approximate surface area is 69.0 Å². The van der Waals surface area contributed by atoms with Crippen LogP contribution in [0, 0.1) is 5.41 Å². The molecule has 11 heavy (non-hydrogen) atoms. The van der Waals surface area contributed by atoms with Crippen LogP contribution in [0.4, 0.5) is 0 Å². The van der Waals surface area contributed by atoms with Gasteiger partial charge in [0.15, 0.2) is 0 Å². The Hall–Kier alpha value is -0.0800. The molecular weight excluding hydrogens is 138 g/mol. The third kappa shape index (κ3) is 2.80. The molecule has 0 aromatic carbocycles. The second kappa shape index (κ2) is 3.11. The minimum atomic E-state index is -0.210. The molecule has 0 heterocycles. The van der Waals surface area contributed by atoms with Gasteiger partial charge >= 0.3 is 0 Å². The Bertz CT molecular complexity index is 124. The number of rotatable bonds is 3. The van der Waals surface area contributed by atoms with Gasteiger partial charge in [0, 0.05) is 12.6 Å². The number of aliphatic hydroxyl groups excluding tert-OH is 1. The predicted octanol–water partition coefficient (Wildman–Crippen LogP) is 1.15. The van der Waals surface area contributed by atoms with E-state index in [0.717, 1.165) is 6.54 Å². The van der Waals surface area contributed by atoms with Gasteiger partial charge in [-0.2, -0.15) is 0 Å². The van der Waals surface area contributed by atoms with Crippen molar-refractivity contribution in [1.29, 1.82) is 0 Å². The van der Waals surface area contributed by atoms with Gasteiger partial charge in [-0.1, -0.05) is 13.8 Å².